The number of hydrogen-bond acceptors (Lipinski definition) is 5. The van der Waals surface area contributed by atoms with Gasteiger partial charge in [0.05, 0.1) is 17.1 Å². The van der Waals surface area contributed by atoms with Crippen molar-refractivity contribution in [3.63, 3.8) is 0 Å². The van der Waals surface area contributed by atoms with Crippen LogP contribution < -0.4 is 10.9 Å². The van der Waals surface area contributed by atoms with E-state index < -0.39 is 23.3 Å². The largest absolute Gasteiger partial charge is 0.433 e. The normalized spacial score (nSPS) is 14.0. The molecule has 3 aromatic rings. The lowest BCUT2D eigenvalue weighted by molar-refractivity contribution is -0.141. The van der Waals surface area contributed by atoms with Gasteiger partial charge >= 0.3 is 6.18 Å². The molecule has 11 heteroatoms. The number of carbonyl (C=O) groups excluding carboxylic acids is 1. The topological polar surface area (TPSA) is 92.7 Å². The van der Waals surface area contributed by atoms with Crippen molar-refractivity contribution in [1.82, 2.24) is 19.7 Å². The Kier molecular flexibility index (Phi) is 5.37. The van der Waals surface area contributed by atoms with E-state index in [1.54, 1.807) is 10.7 Å². The summed E-state index contributed by atoms with van der Waals surface area (Å²) >= 11 is 0.711. The molecule has 30 heavy (non-hydrogen) atoms. The summed E-state index contributed by atoms with van der Waals surface area (Å²) in [6.45, 7) is 0. The summed E-state index contributed by atoms with van der Waals surface area (Å²) in [5, 5.41) is 7.04. The minimum absolute atomic E-state index is 0.233. The molecule has 0 radical (unpaired) electrons. The highest BCUT2D eigenvalue weighted by Gasteiger charge is 2.33. The van der Waals surface area contributed by atoms with Gasteiger partial charge in [0.1, 0.15) is 5.82 Å². The van der Waals surface area contributed by atoms with E-state index in [2.05, 4.69) is 20.4 Å². The molecule has 4 rings (SSSR count). The molecule has 1 fully saturated rings. The van der Waals surface area contributed by atoms with Crippen LogP contribution in [0.4, 0.5) is 19.0 Å². The fraction of sp³-hybridized carbons (Fsp3) is 0.263. The van der Waals surface area contributed by atoms with Crippen molar-refractivity contribution in [3.05, 3.63) is 64.2 Å². The number of nitrogens with zero attached hydrogens (tertiary/aromatic N) is 3. The van der Waals surface area contributed by atoms with Gasteiger partial charge in [-0.3, -0.25) is 9.59 Å². The van der Waals surface area contributed by atoms with Crippen molar-refractivity contribution in [1.29, 1.82) is 0 Å². The molecular formula is C19H16F3N5O2S. The predicted octanol–water partition coefficient (Wildman–Crippen LogP) is 3.58. The Labute approximate surface area is 172 Å². The summed E-state index contributed by atoms with van der Waals surface area (Å²) < 4.78 is 40.0. The molecule has 1 aliphatic carbocycles. The van der Waals surface area contributed by atoms with Gasteiger partial charge in [-0.1, -0.05) is 30.0 Å². The number of H-pyrrole nitrogens is 1. The lowest BCUT2D eigenvalue weighted by Crippen LogP contribution is -2.19. The number of halogens is 3. The van der Waals surface area contributed by atoms with Crippen LogP contribution in [-0.2, 0) is 11.0 Å². The van der Waals surface area contributed by atoms with E-state index in [0.29, 0.717) is 29.6 Å². The van der Waals surface area contributed by atoms with Crippen LogP contribution in [0.1, 0.15) is 30.1 Å². The van der Waals surface area contributed by atoms with Gasteiger partial charge in [0.15, 0.2) is 10.9 Å². The number of aromatic amines is 1. The highest BCUT2D eigenvalue weighted by atomic mass is 32.2. The number of rotatable bonds is 6. The van der Waals surface area contributed by atoms with E-state index in [-0.39, 0.29) is 10.9 Å². The maximum absolute atomic E-state index is 12.8. The summed E-state index contributed by atoms with van der Waals surface area (Å²) in [6, 6.07) is 11.5. The number of thioether (sulfide) groups is 1. The second-order valence-corrected chi connectivity index (χ2v) is 7.71. The molecule has 0 bridgehead atoms. The average Bonchev–Trinajstić information content (AvgIpc) is 3.47. The number of anilines is 1. The van der Waals surface area contributed by atoms with E-state index in [4.69, 9.17) is 0 Å². The van der Waals surface area contributed by atoms with Gasteiger partial charge in [-0.15, -0.1) is 0 Å². The maximum Gasteiger partial charge on any atom is 0.433 e. The SMILES string of the molecule is O=C(CSc1nc(C(F)(F)F)cc(=O)[nH]1)Nc1cc(C2CC2)nn1-c1ccccc1. The lowest BCUT2D eigenvalue weighted by atomic mass is 10.3. The summed E-state index contributed by atoms with van der Waals surface area (Å²) in [5.41, 5.74) is -0.580. The van der Waals surface area contributed by atoms with E-state index in [0.717, 1.165) is 24.2 Å². The molecule has 1 amide bonds. The van der Waals surface area contributed by atoms with Crippen molar-refractivity contribution < 1.29 is 18.0 Å². The molecule has 0 atom stereocenters. The Balaban J connectivity index is 1.49. The molecule has 0 spiro atoms. The number of alkyl halides is 3. The molecule has 1 saturated carbocycles. The zero-order valence-electron chi connectivity index (χ0n) is 15.4. The van der Waals surface area contributed by atoms with Gasteiger partial charge < -0.3 is 10.3 Å². The predicted molar refractivity (Wildman–Crippen MR) is 105 cm³/mol. The van der Waals surface area contributed by atoms with Crippen LogP contribution in [0.15, 0.2) is 52.4 Å². The zero-order chi connectivity index (χ0) is 21.3. The Hall–Kier alpha value is -3.08. The molecule has 2 heterocycles. The van der Waals surface area contributed by atoms with Gasteiger partial charge in [-0.2, -0.15) is 18.3 Å². The van der Waals surface area contributed by atoms with Crippen LogP contribution in [0.25, 0.3) is 5.69 Å². The van der Waals surface area contributed by atoms with Crippen molar-refractivity contribution >= 4 is 23.5 Å². The lowest BCUT2D eigenvalue weighted by Gasteiger charge is -2.09. The second-order valence-electron chi connectivity index (χ2n) is 6.75. The molecule has 1 aromatic carbocycles. The van der Waals surface area contributed by atoms with Crippen molar-refractivity contribution in [2.45, 2.75) is 30.1 Å². The zero-order valence-corrected chi connectivity index (χ0v) is 16.3. The van der Waals surface area contributed by atoms with Gasteiger partial charge in [0.2, 0.25) is 5.91 Å². The first-order chi connectivity index (χ1) is 14.3. The van der Waals surface area contributed by atoms with Crippen molar-refractivity contribution in [3.8, 4) is 5.69 Å². The third-order valence-corrected chi connectivity index (χ3v) is 5.22. The van der Waals surface area contributed by atoms with E-state index in [1.165, 1.54) is 0 Å². The van der Waals surface area contributed by atoms with Crippen LogP contribution in [0.5, 0.6) is 0 Å². The first kappa shape index (κ1) is 20.2. The number of amides is 1. The number of hydrogen-bond donors (Lipinski definition) is 2. The third-order valence-electron chi connectivity index (χ3n) is 4.34. The first-order valence-corrected chi connectivity index (χ1v) is 10.0. The van der Waals surface area contributed by atoms with Crippen LogP contribution in [-0.4, -0.2) is 31.4 Å². The number of benzene rings is 1. The average molecular weight is 435 g/mol. The van der Waals surface area contributed by atoms with Crippen LogP contribution in [0.3, 0.4) is 0 Å². The molecule has 0 aliphatic heterocycles. The minimum atomic E-state index is -4.74. The highest BCUT2D eigenvalue weighted by molar-refractivity contribution is 7.99. The quantitative estimate of drug-likeness (QED) is 0.456. The Morgan fingerprint density at radius 2 is 1.97 bits per heavy atom. The standard InChI is InChI=1S/C19H16F3N5O2S/c20-19(21,22)14-9-16(28)25-18(23-14)30-10-17(29)24-15-8-13(11-6-7-11)26-27(15)12-4-2-1-3-5-12/h1-5,8-9,11H,6-7,10H2,(H,24,29)(H,23,25,28). The number of nitrogens with one attached hydrogen (secondary N) is 2. The molecule has 156 valence electrons. The summed E-state index contributed by atoms with van der Waals surface area (Å²) in [5.74, 6) is 0.154. The van der Waals surface area contributed by atoms with Crippen molar-refractivity contribution in [2.24, 2.45) is 0 Å². The van der Waals surface area contributed by atoms with E-state index in [1.807, 2.05) is 30.3 Å². The summed E-state index contributed by atoms with van der Waals surface area (Å²) in [4.78, 5) is 29.4. The minimum Gasteiger partial charge on any atom is -0.310 e. The summed E-state index contributed by atoms with van der Waals surface area (Å²) in [7, 11) is 0. The van der Waals surface area contributed by atoms with E-state index >= 15 is 0 Å². The number of para-hydroxylation sites is 1. The Morgan fingerprint density at radius 1 is 1.23 bits per heavy atom. The smallest absolute Gasteiger partial charge is 0.310 e. The van der Waals surface area contributed by atoms with Crippen LogP contribution in [0, 0.1) is 0 Å². The monoisotopic (exact) mass is 435 g/mol. The molecular weight excluding hydrogens is 419 g/mol. The fourth-order valence-corrected chi connectivity index (χ4v) is 3.47. The number of carbonyl (C=O) groups is 1. The molecule has 1 aliphatic rings. The van der Waals surface area contributed by atoms with Gasteiger partial charge in [-0.25, -0.2) is 9.67 Å². The first-order valence-electron chi connectivity index (χ1n) is 9.06. The molecule has 0 saturated heterocycles. The highest BCUT2D eigenvalue weighted by Crippen LogP contribution is 2.40. The van der Waals surface area contributed by atoms with Crippen LogP contribution in [0.2, 0.25) is 0 Å². The third kappa shape index (κ3) is 4.73. The fourth-order valence-electron chi connectivity index (χ4n) is 2.79. The van der Waals surface area contributed by atoms with Crippen LogP contribution >= 0.6 is 11.8 Å². The molecule has 7 nitrogen and oxygen atoms in total. The Morgan fingerprint density at radius 3 is 2.63 bits per heavy atom. The van der Waals surface area contributed by atoms with Gasteiger partial charge in [0, 0.05) is 18.1 Å². The van der Waals surface area contributed by atoms with Gasteiger partial charge in [-0.05, 0) is 25.0 Å². The Bertz CT molecular complexity index is 1120. The number of aromatic nitrogens is 4. The van der Waals surface area contributed by atoms with E-state index in [9.17, 15) is 22.8 Å². The van der Waals surface area contributed by atoms with Crippen molar-refractivity contribution in [2.75, 3.05) is 11.1 Å². The molecule has 2 N–H and O–H groups in total. The second kappa shape index (κ2) is 7.98. The maximum atomic E-state index is 12.8. The summed E-state index contributed by atoms with van der Waals surface area (Å²) in [6.07, 6.45) is -2.65. The molecule has 0 unspecified atom stereocenters. The molecule has 2 aromatic heterocycles. The van der Waals surface area contributed by atoms with Gasteiger partial charge in [0.25, 0.3) is 5.56 Å².